The number of ether oxygens (including phenoxy) is 1. The van der Waals surface area contributed by atoms with E-state index in [1.54, 1.807) is 60.7 Å². The third-order valence-corrected chi connectivity index (χ3v) is 9.70. The van der Waals surface area contributed by atoms with E-state index in [4.69, 9.17) is 16.3 Å². The average Bonchev–Trinajstić information content (AvgIpc) is 3.50. The number of rotatable bonds is 13. The number of amides is 2. The molecule has 0 heterocycles. The highest BCUT2D eigenvalue weighted by molar-refractivity contribution is 7.92. The number of para-hydroxylation sites is 2. The molecule has 0 radical (unpaired) electrons. The second kappa shape index (κ2) is 14.8. The third kappa shape index (κ3) is 8.09. The molecule has 10 heteroatoms. The number of sulfonamides is 1. The second-order valence-corrected chi connectivity index (χ2v) is 13.1. The van der Waals surface area contributed by atoms with E-state index in [0.29, 0.717) is 23.8 Å². The minimum absolute atomic E-state index is 0.0486. The molecule has 4 rings (SSSR count). The van der Waals surface area contributed by atoms with Crippen LogP contribution in [0.4, 0.5) is 5.69 Å². The first-order chi connectivity index (χ1) is 20.6. The van der Waals surface area contributed by atoms with Gasteiger partial charge in [-0.2, -0.15) is 0 Å². The minimum atomic E-state index is -4.20. The van der Waals surface area contributed by atoms with Crippen molar-refractivity contribution in [3.05, 3.63) is 88.9 Å². The lowest BCUT2D eigenvalue weighted by Gasteiger charge is -2.34. The molecule has 0 aliphatic heterocycles. The summed E-state index contributed by atoms with van der Waals surface area (Å²) in [5, 5.41) is 3.68. The van der Waals surface area contributed by atoms with Crippen molar-refractivity contribution in [2.45, 2.75) is 76.4 Å². The van der Waals surface area contributed by atoms with Gasteiger partial charge in [0, 0.05) is 17.6 Å². The standard InChI is InChI=1S/C33H40ClN3O5S/c1-4-29(33(39)35-27-10-6-7-11-27)36(22-25-16-18-26(34)19-17-25)32(38)23-37(30-12-8-9-13-31(30)42-5-2)43(40,41)28-20-14-24(3)15-21-28/h8-9,12-21,27,29H,4-7,10-11,22-23H2,1-3H3,(H,35,39). The predicted octanol–water partition coefficient (Wildman–Crippen LogP) is 6.11. The van der Waals surface area contributed by atoms with E-state index >= 15 is 0 Å². The first-order valence-electron chi connectivity index (χ1n) is 14.8. The van der Waals surface area contributed by atoms with Crippen LogP contribution >= 0.6 is 11.6 Å². The Morgan fingerprint density at radius 2 is 1.63 bits per heavy atom. The summed E-state index contributed by atoms with van der Waals surface area (Å²) in [5.74, 6) is -0.409. The molecule has 3 aromatic rings. The summed E-state index contributed by atoms with van der Waals surface area (Å²) in [6.07, 6.45) is 4.28. The molecule has 1 aliphatic carbocycles. The summed E-state index contributed by atoms with van der Waals surface area (Å²) in [5.41, 5.74) is 1.92. The summed E-state index contributed by atoms with van der Waals surface area (Å²) >= 11 is 6.11. The summed E-state index contributed by atoms with van der Waals surface area (Å²) in [4.78, 5) is 29.4. The van der Waals surface area contributed by atoms with Crippen LogP contribution in [0.1, 0.15) is 57.1 Å². The van der Waals surface area contributed by atoms with Gasteiger partial charge in [0.15, 0.2) is 0 Å². The molecule has 8 nitrogen and oxygen atoms in total. The van der Waals surface area contributed by atoms with Crippen LogP contribution in [0.5, 0.6) is 5.75 Å². The predicted molar refractivity (Wildman–Crippen MR) is 170 cm³/mol. The Kier molecular flexibility index (Phi) is 11.1. The number of anilines is 1. The number of aryl methyl sites for hydroxylation is 1. The van der Waals surface area contributed by atoms with Crippen molar-refractivity contribution < 1.29 is 22.7 Å². The van der Waals surface area contributed by atoms with Crippen molar-refractivity contribution >= 4 is 39.1 Å². The van der Waals surface area contributed by atoms with Crippen LogP contribution in [0.3, 0.4) is 0 Å². The van der Waals surface area contributed by atoms with Crippen molar-refractivity contribution in [2.24, 2.45) is 0 Å². The fourth-order valence-electron chi connectivity index (χ4n) is 5.37. The van der Waals surface area contributed by atoms with Gasteiger partial charge in [0.1, 0.15) is 18.3 Å². The summed E-state index contributed by atoms with van der Waals surface area (Å²) in [6, 6.07) is 19.6. The Labute approximate surface area is 260 Å². The molecular weight excluding hydrogens is 586 g/mol. The van der Waals surface area contributed by atoms with E-state index in [0.717, 1.165) is 41.1 Å². The lowest BCUT2D eigenvalue weighted by Crippen LogP contribution is -2.53. The Hall–Kier alpha value is -3.56. The largest absolute Gasteiger partial charge is 0.492 e. The van der Waals surface area contributed by atoms with Crippen LogP contribution < -0.4 is 14.4 Å². The second-order valence-electron chi connectivity index (χ2n) is 10.8. The van der Waals surface area contributed by atoms with Gasteiger partial charge in [-0.15, -0.1) is 0 Å². The van der Waals surface area contributed by atoms with Gasteiger partial charge < -0.3 is 15.0 Å². The van der Waals surface area contributed by atoms with Crippen LogP contribution in [-0.2, 0) is 26.2 Å². The van der Waals surface area contributed by atoms with E-state index < -0.39 is 28.5 Å². The van der Waals surface area contributed by atoms with Gasteiger partial charge in [-0.05, 0) is 75.1 Å². The van der Waals surface area contributed by atoms with Crippen molar-refractivity contribution in [1.29, 1.82) is 0 Å². The number of carbonyl (C=O) groups excluding carboxylic acids is 2. The van der Waals surface area contributed by atoms with Crippen LogP contribution in [0.15, 0.2) is 77.7 Å². The molecule has 1 atom stereocenters. The quantitative estimate of drug-likeness (QED) is 0.247. The van der Waals surface area contributed by atoms with Crippen LogP contribution in [0.2, 0.25) is 5.02 Å². The molecule has 0 saturated heterocycles. The molecule has 1 fully saturated rings. The highest BCUT2D eigenvalue weighted by Crippen LogP contribution is 2.33. The monoisotopic (exact) mass is 625 g/mol. The zero-order valence-electron chi connectivity index (χ0n) is 25.0. The van der Waals surface area contributed by atoms with E-state index in [9.17, 15) is 18.0 Å². The van der Waals surface area contributed by atoms with Gasteiger partial charge in [-0.25, -0.2) is 8.42 Å². The molecule has 0 spiro atoms. The summed E-state index contributed by atoms with van der Waals surface area (Å²) < 4.78 is 35.2. The maximum Gasteiger partial charge on any atom is 0.264 e. The molecule has 2 amide bonds. The Morgan fingerprint density at radius 1 is 0.977 bits per heavy atom. The normalized spacial score (nSPS) is 14.2. The molecule has 43 heavy (non-hydrogen) atoms. The van der Waals surface area contributed by atoms with E-state index in [2.05, 4.69) is 5.32 Å². The van der Waals surface area contributed by atoms with Gasteiger partial charge in [0.05, 0.1) is 17.2 Å². The molecule has 1 unspecified atom stereocenters. The molecule has 1 N–H and O–H groups in total. The minimum Gasteiger partial charge on any atom is -0.492 e. The SMILES string of the molecule is CCOc1ccccc1N(CC(=O)N(Cc1ccc(Cl)cc1)C(CC)C(=O)NC1CCCC1)S(=O)(=O)c1ccc(C)cc1. The number of nitrogens with zero attached hydrogens (tertiary/aromatic N) is 2. The molecule has 3 aromatic carbocycles. The number of hydrogen-bond donors (Lipinski definition) is 1. The van der Waals surface area contributed by atoms with E-state index in [-0.39, 0.29) is 29.1 Å². The molecule has 1 aliphatic rings. The van der Waals surface area contributed by atoms with Crippen molar-refractivity contribution in [2.75, 3.05) is 17.5 Å². The van der Waals surface area contributed by atoms with E-state index in [1.807, 2.05) is 20.8 Å². The molecule has 1 saturated carbocycles. The van der Waals surface area contributed by atoms with E-state index in [1.165, 1.54) is 17.0 Å². The first kappa shape index (κ1) is 32.4. The molecule has 0 bridgehead atoms. The van der Waals surface area contributed by atoms with Crippen molar-refractivity contribution in [1.82, 2.24) is 10.2 Å². The number of nitrogens with one attached hydrogen (secondary N) is 1. The van der Waals surface area contributed by atoms with Crippen LogP contribution in [0.25, 0.3) is 0 Å². The Morgan fingerprint density at radius 3 is 2.26 bits per heavy atom. The highest BCUT2D eigenvalue weighted by Gasteiger charge is 2.35. The topological polar surface area (TPSA) is 96.0 Å². The molecular formula is C33H40ClN3O5S. The first-order valence-corrected chi connectivity index (χ1v) is 16.6. The fraction of sp³-hybridized carbons (Fsp3) is 0.394. The maximum atomic E-state index is 14.3. The zero-order chi connectivity index (χ0) is 31.0. The van der Waals surface area contributed by atoms with Gasteiger partial charge in [-0.3, -0.25) is 13.9 Å². The Bertz CT molecular complexity index is 1490. The summed E-state index contributed by atoms with van der Waals surface area (Å²) in [6.45, 7) is 5.43. The van der Waals surface area contributed by atoms with Gasteiger partial charge >= 0.3 is 0 Å². The zero-order valence-corrected chi connectivity index (χ0v) is 26.5. The number of hydrogen-bond acceptors (Lipinski definition) is 5. The smallest absolute Gasteiger partial charge is 0.264 e. The number of halogens is 1. The van der Waals surface area contributed by atoms with Crippen LogP contribution in [0, 0.1) is 6.92 Å². The van der Waals surface area contributed by atoms with Gasteiger partial charge in [-0.1, -0.05) is 73.3 Å². The number of carbonyl (C=O) groups is 2. The van der Waals surface area contributed by atoms with Crippen molar-refractivity contribution in [3.63, 3.8) is 0 Å². The number of benzene rings is 3. The van der Waals surface area contributed by atoms with Crippen LogP contribution in [-0.4, -0.2) is 50.4 Å². The summed E-state index contributed by atoms with van der Waals surface area (Å²) in [7, 11) is -4.20. The maximum absolute atomic E-state index is 14.3. The lowest BCUT2D eigenvalue weighted by molar-refractivity contribution is -0.140. The highest BCUT2D eigenvalue weighted by atomic mass is 35.5. The van der Waals surface area contributed by atoms with Gasteiger partial charge in [0.2, 0.25) is 11.8 Å². The third-order valence-electron chi connectivity index (χ3n) is 7.68. The van der Waals surface area contributed by atoms with Crippen molar-refractivity contribution in [3.8, 4) is 5.75 Å². The molecule has 230 valence electrons. The average molecular weight is 626 g/mol. The Balaban J connectivity index is 1.75. The lowest BCUT2D eigenvalue weighted by atomic mass is 10.1. The molecule has 0 aromatic heterocycles. The fourth-order valence-corrected chi connectivity index (χ4v) is 6.92. The van der Waals surface area contributed by atoms with Gasteiger partial charge in [0.25, 0.3) is 10.0 Å².